The van der Waals surface area contributed by atoms with E-state index in [0.29, 0.717) is 6.42 Å². The molecule has 0 aromatic carbocycles. The first-order valence-electron chi connectivity index (χ1n) is 8.79. The molecule has 7 nitrogen and oxygen atoms in total. The number of esters is 1. The maximum absolute atomic E-state index is 12.8. The van der Waals surface area contributed by atoms with E-state index < -0.39 is 27.5 Å². The molecule has 26 heavy (non-hydrogen) atoms. The quantitative estimate of drug-likeness (QED) is 0.343. The Morgan fingerprint density at radius 3 is 1.92 bits per heavy atom. The Morgan fingerprint density at radius 2 is 1.58 bits per heavy atom. The Bertz CT molecular complexity index is 618. The van der Waals surface area contributed by atoms with Crippen LogP contribution >= 0.6 is 0 Å². The van der Waals surface area contributed by atoms with Crippen LogP contribution in [0.4, 0.5) is 0 Å². The van der Waals surface area contributed by atoms with Gasteiger partial charge in [-0.25, -0.2) is 18.2 Å². The summed E-state index contributed by atoms with van der Waals surface area (Å²) in [4.78, 5) is 25.2. The van der Waals surface area contributed by atoms with Gasteiger partial charge < -0.3 is 4.74 Å². The average Bonchev–Trinajstić information content (AvgIpc) is 2.40. The number of hydrogen-bond acceptors (Lipinski definition) is 5. The van der Waals surface area contributed by atoms with E-state index in [1.807, 2.05) is 27.7 Å². The standard InChI is InChI=1S/C18H34N2O5S/c1-13(2)10-11-16(21)20(15(5)17(22)25-18(6,7)8)19(12-14(3)4)26(9,23)24/h13-14H,5,10-12H2,1-4,6-9H3. The molecule has 0 heterocycles. The lowest BCUT2D eigenvalue weighted by Gasteiger charge is -2.35. The molecule has 152 valence electrons. The highest BCUT2D eigenvalue weighted by atomic mass is 32.2. The van der Waals surface area contributed by atoms with Crippen LogP contribution in [-0.2, 0) is 24.3 Å². The van der Waals surface area contributed by atoms with Gasteiger partial charge in [0.25, 0.3) is 0 Å². The van der Waals surface area contributed by atoms with E-state index in [0.717, 1.165) is 15.7 Å². The van der Waals surface area contributed by atoms with Crippen LogP contribution < -0.4 is 0 Å². The molecule has 0 N–H and O–H groups in total. The number of hydrogen-bond donors (Lipinski definition) is 0. The van der Waals surface area contributed by atoms with Gasteiger partial charge in [0.15, 0.2) is 0 Å². The largest absolute Gasteiger partial charge is 0.455 e. The van der Waals surface area contributed by atoms with Gasteiger partial charge in [-0.2, -0.15) is 0 Å². The second-order valence-corrected chi connectivity index (χ2v) is 10.1. The first-order valence-corrected chi connectivity index (χ1v) is 10.6. The number of amides is 1. The van der Waals surface area contributed by atoms with Crippen molar-refractivity contribution >= 4 is 21.9 Å². The molecule has 0 aliphatic rings. The van der Waals surface area contributed by atoms with Crippen molar-refractivity contribution in [1.29, 1.82) is 0 Å². The van der Waals surface area contributed by atoms with Crippen LogP contribution in [0.25, 0.3) is 0 Å². The molecule has 1 amide bonds. The Morgan fingerprint density at radius 1 is 1.08 bits per heavy atom. The van der Waals surface area contributed by atoms with Crippen molar-refractivity contribution in [3.63, 3.8) is 0 Å². The van der Waals surface area contributed by atoms with Gasteiger partial charge in [0.2, 0.25) is 15.9 Å². The van der Waals surface area contributed by atoms with E-state index in [-0.39, 0.29) is 30.5 Å². The van der Waals surface area contributed by atoms with Crippen LogP contribution in [-0.4, -0.2) is 48.1 Å². The summed E-state index contributed by atoms with van der Waals surface area (Å²) in [6, 6.07) is 0. The van der Waals surface area contributed by atoms with Gasteiger partial charge in [-0.05, 0) is 39.0 Å². The third-order valence-corrected chi connectivity index (χ3v) is 4.27. The monoisotopic (exact) mass is 390 g/mol. The first kappa shape index (κ1) is 24.6. The van der Waals surface area contributed by atoms with Crippen LogP contribution in [0.15, 0.2) is 12.3 Å². The molecule has 0 saturated carbocycles. The van der Waals surface area contributed by atoms with Crippen molar-refractivity contribution in [1.82, 2.24) is 9.42 Å². The zero-order valence-corrected chi connectivity index (χ0v) is 18.1. The summed E-state index contributed by atoms with van der Waals surface area (Å²) in [7, 11) is -3.80. The van der Waals surface area contributed by atoms with Crippen molar-refractivity contribution in [3.05, 3.63) is 12.3 Å². The lowest BCUT2D eigenvalue weighted by molar-refractivity contribution is -0.158. The van der Waals surface area contributed by atoms with Crippen molar-refractivity contribution in [2.75, 3.05) is 12.8 Å². The predicted molar refractivity (Wildman–Crippen MR) is 102 cm³/mol. The number of hydrazine groups is 1. The van der Waals surface area contributed by atoms with E-state index in [1.165, 1.54) is 0 Å². The van der Waals surface area contributed by atoms with Gasteiger partial charge in [0.05, 0.1) is 6.26 Å². The minimum atomic E-state index is -3.80. The van der Waals surface area contributed by atoms with E-state index in [4.69, 9.17) is 4.74 Å². The third kappa shape index (κ3) is 8.80. The molecule has 0 atom stereocenters. The Kier molecular flexibility index (Phi) is 8.99. The molecule has 0 aromatic heterocycles. The highest BCUT2D eigenvalue weighted by Gasteiger charge is 2.35. The van der Waals surface area contributed by atoms with E-state index in [2.05, 4.69) is 6.58 Å². The number of carbonyl (C=O) groups is 2. The van der Waals surface area contributed by atoms with Crippen LogP contribution in [0.1, 0.15) is 61.3 Å². The molecule has 8 heteroatoms. The minimum absolute atomic E-state index is 0.0497. The van der Waals surface area contributed by atoms with Crippen molar-refractivity contribution < 1.29 is 22.7 Å². The molecule has 0 aliphatic carbocycles. The van der Waals surface area contributed by atoms with Crippen LogP contribution in [0, 0.1) is 11.8 Å². The zero-order chi connectivity index (χ0) is 20.9. The third-order valence-electron chi connectivity index (χ3n) is 3.19. The fourth-order valence-corrected chi connectivity index (χ4v) is 3.08. The maximum Gasteiger partial charge on any atom is 0.356 e. The summed E-state index contributed by atoms with van der Waals surface area (Å²) in [5, 5.41) is 0.867. The second-order valence-electron chi connectivity index (χ2n) is 8.25. The molecule has 0 unspecified atom stereocenters. The molecule has 0 bridgehead atoms. The molecular formula is C18H34N2O5S. The molecule has 0 aliphatic heterocycles. The fraction of sp³-hybridized carbons (Fsp3) is 0.778. The molecule has 0 radical (unpaired) electrons. The summed E-state index contributed by atoms with van der Waals surface area (Å²) < 4.78 is 30.8. The van der Waals surface area contributed by atoms with Crippen LogP contribution in [0.5, 0.6) is 0 Å². The van der Waals surface area contributed by atoms with Crippen LogP contribution in [0.2, 0.25) is 0 Å². The minimum Gasteiger partial charge on any atom is -0.455 e. The molecular weight excluding hydrogens is 356 g/mol. The molecule has 0 fully saturated rings. The molecule has 0 saturated heterocycles. The number of sulfonamides is 1. The number of ether oxygens (including phenoxy) is 1. The van der Waals surface area contributed by atoms with Gasteiger partial charge in [0.1, 0.15) is 11.3 Å². The second kappa shape index (κ2) is 9.50. The molecule has 0 spiro atoms. The van der Waals surface area contributed by atoms with Gasteiger partial charge in [-0.3, -0.25) is 4.79 Å². The molecule has 0 rings (SSSR count). The molecule has 0 aromatic rings. The van der Waals surface area contributed by atoms with Crippen molar-refractivity contribution in [2.24, 2.45) is 11.8 Å². The maximum atomic E-state index is 12.8. The smallest absolute Gasteiger partial charge is 0.356 e. The van der Waals surface area contributed by atoms with Gasteiger partial charge in [-0.1, -0.05) is 34.3 Å². The summed E-state index contributed by atoms with van der Waals surface area (Å²) in [5.74, 6) is -1.13. The Balaban J connectivity index is 5.89. The first-order chi connectivity index (χ1) is 11.6. The summed E-state index contributed by atoms with van der Waals surface area (Å²) in [5.41, 5.74) is -1.10. The van der Waals surface area contributed by atoms with E-state index in [9.17, 15) is 18.0 Å². The predicted octanol–water partition coefficient (Wildman–Crippen LogP) is 2.94. The van der Waals surface area contributed by atoms with E-state index >= 15 is 0 Å². The number of carbonyl (C=O) groups excluding carboxylic acids is 2. The summed E-state index contributed by atoms with van der Waals surface area (Å²) in [6.45, 7) is 16.3. The summed E-state index contributed by atoms with van der Waals surface area (Å²) in [6.07, 6.45) is 1.67. The van der Waals surface area contributed by atoms with Gasteiger partial charge in [0, 0.05) is 13.0 Å². The number of rotatable bonds is 9. The Hall–Kier alpha value is -1.41. The lowest BCUT2D eigenvalue weighted by Crippen LogP contribution is -2.51. The van der Waals surface area contributed by atoms with Crippen molar-refractivity contribution in [2.45, 2.75) is 66.9 Å². The summed E-state index contributed by atoms with van der Waals surface area (Å²) >= 11 is 0. The topological polar surface area (TPSA) is 84.0 Å². The van der Waals surface area contributed by atoms with Gasteiger partial charge in [-0.15, -0.1) is 4.41 Å². The average molecular weight is 391 g/mol. The lowest BCUT2D eigenvalue weighted by atomic mass is 10.1. The number of nitrogens with zero attached hydrogens (tertiary/aromatic N) is 2. The van der Waals surface area contributed by atoms with Crippen LogP contribution in [0.3, 0.4) is 0 Å². The highest BCUT2D eigenvalue weighted by molar-refractivity contribution is 7.88. The fourth-order valence-electron chi connectivity index (χ4n) is 2.03. The van der Waals surface area contributed by atoms with Gasteiger partial charge >= 0.3 is 5.97 Å². The van der Waals surface area contributed by atoms with E-state index in [1.54, 1.807) is 20.8 Å². The normalized spacial score (nSPS) is 12.6. The Labute approximate surface area is 158 Å². The SMILES string of the molecule is C=C(C(=O)OC(C)(C)C)N(C(=O)CCC(C)C)N(CC(C)C)S(C)(=O)=O. The zero-order valence-electron chi connectivity index (χ0n) is 17.3. The van der Waals surface area contributed by atoms with Crippen molar-refractivity contribution in [3.8, 4) is 0 Å². The highest BCUT2D eigenvalue weighted by Crippen LogP contribution is 2.20.